The van der Waals surface area contributed by atoms with Crippen LogP contribution in [-0.2, 0) is 0 Å². The lowest BCUT2D eigenvalue weighted by atomic mass is 10.1. The molecule has 1 aliphatic rings. The summed E-state index contributed by atoms with van der Waals surface area (Å²) in [5.74, 6) is 1.29. The van der Waals surface area contributed by atoms with Crippen LogP contribution in [0.3, 0.4) is 0 Å². The molecule has 0 aromatic heterocycles. The Kier molecular flexibility index (Phi) is 3.03. The largest absolute Gasteiger partial charge is 0.386 e. The van der Waals surface area contributed by atoms with Crippen molar-refractivity contribution >= 4 is 16.5 Å². The van der Waals surface area contributed by atoms with Crippen molar-refractivity contribution in [1.29, 1.82) is 0 Å². The minimum atomic E-state index is 0.483. The molecule has 0 radical (unpaired) electrons. The van der Waals surface area contributed by atoms with Crippen molar-refractivity contribution in [3.8, 4) is 0 Å². The maximum Gasteiger partial charge on any atom is 0.0923 e. The maximum atomic E-state index is 5.75. The van der Waals surface area contributed by atoms with Gasteiger partial charge in [0.15, 0.2) is 0 Å². The summed E-state index contributed by atoms with van der Waals surface area (Å²) in [5, 5.41) is 5.74. The minimum absolute atomic E-state index is 0.483. The van der Waals surface area contributed by atoms with Crippen LogP contribution in [0.5, 0.6) is 0 Å². The second kappa shape index (κ2) is 4.84. The first-order valence-electron chi connectivity index (χ1n) is 6.63. The maximum absolute atomic E-state index is 5.75. The Morgan fingerprint density at radius 1 is 1.21 bits per heavy atom. The van der Waals surface area contributed by atoms with Gasteiger partial charge in [-0.25, -0.2) is 0 Å². The second-order valence-corrected chi connectivity index (χ2v) is 5.17. The van der Waals surface area contributed by atoms with E-state index >= 15 is 0 Å². The monoisotopic (exact) mass is 253 g/mol. The fourth-order valence-electron chi connectivity index (χ4n) is 2.61. The highest BCUT2D eigenvalue weighted by Gasteiger charge is 2.15. The molecule has 3 N–H and O–H groups in total. The summed E-state index contributed by atoms with van der Waals surface area (Å²) in [6, 6.07) is 15.0. The molecule has 0 amide bonds. The quantitative estimate of drug-likeness (QED) is 0.882. The molecule has 19 heavy (non-hydrogen) atoms. The first-order chi connectivity index (χ1) is 9.22. The molecule has 2 aromatic carbocycles. The molecule has 1 aliphatic heterocycles. The highest BCUT2D eigenvalue weighted by Crippen LogP contribution is 2.22. The molecule has 3 rings (SSSR count). The average molecular weight is 253 g/mol. The summed E-state index contributed by atoms with van der Waals surface area (Å²) in [6.07, 6.45) is 2.11. The first kappa shape index (κ1) is 11.9. The van der Waals surface area contributed by atoms with Gasteiger partial charge in [0.1, 0.15) is 0 Å². The van der Waals surface area contributed by atoms with Crippen LogP contribution in [0, 0.1) is 5.92 Å². The molecule has 0 aliphatic carbocycles. The van der Waals surface area contributed by atoms with Gasteiger partial charge in [0.25, 0.3) is 0 Å². The van der Waals surface area contributed by atoms with Gasteiger partial charge in [-0.3, -0.25) is 0 Å². The molecule has 1 atom stereocenters. The topological polar surface area (TPSA) is 41.3 Å². The number of hydrogen-bond donors (Lipinski definition) is 2. The number of fused-ring (bicyclic) bond motifs is 1. The number of anilines is 1. The third kappa shape index (κ3) is 2.50. The van der Waals surface area contributed by atoms with Gasteiger partial charge >= 0.3 is 0 Å². The van der Waals surface area contributed by atoms with Crippen molar-refractivity contribution in [2.45, 2.75) is 0 Å². The predicted octanol–water partition coefficient (Wildman–Crippen LogP) is 2.30. The van der Waals surface area contributed by atoms with Gasteiger partial charge in [-0.05, 0) is 29.0 Å². The summed E-state index contributed by atoms with van der Waals surface area (Å²) in [6.45, 7) is 1.91. The van der Waals surface area contributed by atoms with Crippen LogP contribution in [0.2, 0.25) is 0 Å². The number of rotatable bonds is 3. The molecular formula is C16H19N3. The van der Waals surface area contributed by atoms with Crippen molar-refractivity contribution < 1.29 is 0 Å². The Balaban J connectivity index is 1.79. The molecule has 98 valence electrons. The van der Waals surface area contributed by atoms with Crippen LogP contribution in [0.1, 0.15) is 0 Å². The Bertz CT molecular complexity index is 618. The summed E-state index contributed by atoms with van der Waals surface area (Å²) >= 11 is 0. The van der Waals surface area contributed by atoms with Crippen molar-refractivity contribution in [2.24, 2.45) is 11.7 Å². The zero-order valence-electron chi connectivity index (χ0n) is 11.1. The van der Waals surface area contributed by atoms with E-state index in [4.69, 9.17) is 5.73 Å². The van der Waals surface area contributed by atoms with E-state index in [9.17, 15) is 0 Å². The molecule has 3 nitrogen and oxygen atoms in total. The van der Waals surface area contributed by atoms with Crippen LogP contribution in [0.15, 0.2) is 54.4 Å². The fourth-order valence-corrected chi connectivity index (χ4v) is 2.61. The van der Waals surface area contributed by atoms with E-state index in [1.807, 2.05) is 0 Å². The van der Waals surface area contributed by atoms with Gasteiger partial charge in [0.2, 0.25) is 0 Å². The molecule has 3 heteroatoms. The molecular weight excluding hydrogens is 234 g/mol. The Morgan fingerprint density at radius 3 is 2.74 bits per heavy atom. The minimum Gasteiger partial charge on any atom is -0.386 e. The lowest BCUT2D eigenvalue weighted by Gasteiger charge is -2.22. The van der Waals surface area contributed by atoms with Crippen LogP contribution >= 0.6 is 0 Å². The highest BCUT2D eigenvalue weighted by molar-refractivity contribution is 5.85. The van der Waals surface area contributed by atoms with E-state index in [1.54, 1.807) is 0 Å². The van der Waals surface area contributed by atoms with E-state index in [0.29, 0.717) is 5.92 Å². The second-order valence-electron chi connectivity index (χ2n) is 5.17. The lowest BCUT2D eigenvalue weighted by molar-refractivity contribution is 0.641. The average Bonchev–Trinajstić information content (AvgIpc) is 2.83. The number of nitrogens with one attached hydrogen (secondary N) is 1. The molecule has 0 fully saturated rings. The molecule has 0 spiro atoms. The summed E-state index contributed by atoms with van der Waals surface area (Å²) in [4.78, 5) is 2.29. The van der Waals surface area contributed by atoms with E-state index < -0.39 is 0 Å². The van der Waals surface area contributed by atoms with E-state index in [1.165, 1.54) is 16.5 Å². The van der Waals surface area contributed by atoms with Crippen LogP contribution in [-0.4, -0.2) is 20.1 Å². The van der Waals surface area contributed by atoms with Gasteiger partial charge in [-0.15, -0.1) is 0 Å². The number of nitrogens with two attached hydrogens (primary N) is 1. The van der Waals surface area contributed by atoms with Gasteiger partial charge < -0.3 is 16.0 Å². The van der Waals surface area contributed by atoms with Gasteiger partial charge in [0, 0.05) is 31.7 Å². The molecule has 0 saturated carbocycles. The zero-order chi connectivity index (χ0) is 13.2. The fraction of sp³-hybridized carbons (Fsp3) is 0.250. The Hall–Kier alpha value is -2.16. The zero-order valence-corrected chi connectivity index (χ0v) is 11.1. The molecule has 0 bridgehead atoms. The predicted molar refractivity (Wildman–Crippen MR) is 81.0 cm³/mol. The molecule has 0 unspecified atom stereocenters. The van der Waals surface area contributed by atoms with Gasteiger partial charge in [-0.2, -0.15) is 0 Å². The summed E-state index contributed by atoms with van der Waals surface area (Å²) in [7, 11) is 2.13. The first-order valence-corrected chi connectivity index (χ1v) is 6.63. The third-order valence-corrected chi connectivity index (χ3v) is 3.67. The van der Waals surface area contributed by atoms with E-state index in [2.05, 4.69) is 65.8 Å². The van der Waals surface area contributed by atoms with E-state index in [-0.39, 0.29) is 0 Å². The van der Waals surface area contributed by atoms with Crippen molar-refractivity contribution in [3.05, 3.63) is 54.4 Å². The van der Waals surface area contributed by atoms with Crippen molar-refractivity contribution in [2.75, 3.05) is 25.0 Å². The van der Waals surface area contributed by atoms with E-state index in [0.717, 1.165) is 18.9 Å². The SMILES string of the molecule is CN(C[C@H]1C=C(N)NC1)c1ccc2ccccc2c1. The smallest absolute Gasteiger partial charge is 0.0923 e. The van der Waals surface area contributed by atoms with Crippen LogP contribution in [0.25, 0.3) is 10.8 Å². The van der Waals surface area contributed by atoms with Gasteiger partial charge in [-0.1, -0.05) is 30.3 Å². The number of hydrogen-bond acceptors (Lipinski definition) is 3. The van der Waals surface area contributed by atoms with Gasteiger partial charge in [0.05, 0.1) is 5.82 Å². The molecule has 1 heterocycles. The number of nitrogens with zero attached hydrogens (tertiary/aromatic N) is 1. The van der Waals surface area contributed by atoms with Crippen LogP contribution < -0.4 is 16.0 Å². The molecule has 0 saturated heterocycles. The third-order valence-electron chi connectivity index (χ3n) is 3.67. The van der Waals surface area contributed by atoms with Crippen molar-refractivity contribution in [3.63, 3.8) is 0 Å². The number of benzene rings is 2. The summed E-state index contributed by atoms with van der Waals surface area (Å²) in [5.41, 5.74) is 6.99. The summed E-state index contributed by atoms with van der Waals surface area (Å²) < 4.78 is 0. The standard InChI is InChI=1S/C16H19N3/c1-19(11-12-8-16(17)18-10-12)15-7-6-13-4-2-3-5-14(13)9-15/h2-9,12,18H,10-11,17H2,1H3/t12-/m0/s1. The Labute approximate surface area is 113 Å². The Morgan fingerprint density at radius 2 is 2.00 bits per heavy atom. The molecule has 2 aromatic rings. The normalized spacial score (nSPS) is 18.2. The van der Waals surface area contributed by atoms with Crippen molar-refractivity contribution in [1.82, 2.24) is 5.32 Å². The lowest BCUT2D eigenvalue weighted by Crippen LogP contribution is -2.27. The van der Waals surface area contributed by atoms with Crippen LogP contribution in [0.4, 0.5) is 5.69 Å². The highest BCUT2D eigenvalue weighted by atomic mass is 15.1.